The molecule has 0 bridgehead atoms. The maximum absolute atomic E-state index is 12.6. The molecule has 1 unspecified atom stereocenters. The van der Waals surface area contributed by atoms with Crippen molar-refractivity contribution in [2.24, 2.45) is 0 Å². The van der Waals surface area contributed by atoms with Gasteiger partial charge in [0, 0.05) is 26.1 Å². The second kappa shape index (κ2) is 7.74. The smallest absolute Gasteiger partial charge is 0.255 e. The maximum atomic E-state index is 12.6. The van der Waals surface area contributed by atoms with Crippen molar-refractivity contribution in [1.29, 1.82) is 0 Å². The number of hydrogen-bond acceptors (Lipinski definition) is 5. The summed E-state index contributed by atoms with van der Waals surface area (Å²) in [4.78, 5) is 14.9. The second-order valence-electron chi connectivity index (χ2n) is 7.33. The molecule has 2 aliphatic rings. The van der Waals surface area contributed by atoms with Gasteiger partial charge in [0.05, 0.1) is 25.3 Å². The van der Waals surface area contributed by atoms with Crippen LogP contribution in [0.4, 0.5) is 0 Å². The number of nitrogens with one attached hydrogen (secondary N) is 1. The number of carbonyl (C=O) groups is 1. The Morgan fingerprint density at radius 2 is 2.07 bits per heavy atom. The summed E-state index contributed by atoms with van der Waals surface area (Å²) in [5.41, 5.74) is 2.90. The number of fused-ring (bicyclic) bond motifs is 1. The van der Waals surface area contributed by atoms with Gasteiger partial charge in [-0.05, 0) is 37.1 Å². The molecule has 6 heteroatoms. The van der Waals surface area contributed by atoms with Crippen LogP contribution in [0.25, 0.3) is 0 Å². The lowest BCUT2D eigenvalue weighted by Gasteiger charge is -2.25. The number of furan rings is 1. The normalized spacial score (nSPS) is 19.6. The van der Waals surface area contributed by atoms with E-state index in [4.69, 9.17) is 13.9 Å². The van der Waals surface area contributed by atoms with E-state index in [9.17, 15) is 4.79 Å². The molecule has 2 aliphatic heterocycles. The highest BCUT2D eigenvalue weighted by atomic mass is 16.5. The molecule has 1 aromatic heterocycles. The molecule has 27 heavy (non-hydrogen) atoms. The van der Waals surface area contributed by atoms with Crippen molar-refractivity contribution >= 4 is 5.91 Å². The Morgan fingerprint density at radius 3 is 2.89 bits per heavy atom. The summed E-state index contributed by atoms with van der Waals surface area (Å²) in [5.74, 6) is 2.33. The molecular weight excluding hydrogens is 344 g/mol. The molecule has 0 spiro atoms. The number of morpholine rings is 1. The predicted molar refractivity (Wildman–Crippen MR) is 101 cm³/mol. The fourth-order valence-corrected chi connectivity index (χ4v) is 3.69. The molecule has 1 amide bonds. The molecule has 0 radical (unpaired) electrons. The molecule has 144 valence electrons. The van der Waals surface area contributed by atoms with Crippen LogP contribution in [-0.4, -0.2) is 43.2 Å². The molecule has 4 rings (SSSR count). The van der Waals surface area contributed by atoms with Gasteiger partial charge in [-0.1, -0.05) is 12.1 Å². The van der Waals surface area contributed by atoms with Crippen LogP contribution in [0.3, 0.4) is 0 Å². The molecule has 1 aromatic carbocycles. The highest BCUT2D eigenvalue weighted by Gasteiger charge is 2.20. The Labute approximate surface area is 159 Å². The largest absolute Gasteiger partial charge is 0.490 e. The number of hydrogen-bond donors (Lipinski definition) is 1. The molecule has 6 nitrogen and oxygen atoms in total. The number of ether oxygens (including phenoxy) is 2. The van der Waals surface area contributed by atoms with Crippen molar-refractivity contribution in [2.75, 3.05) is 26.3 Å². The number of rotatable bonds is 5. The summed E-state index contributed by atoms with van der Waals surface area (Å²) in [6.07, 6.45) is 1.14. The topological polar surface area (TPSA) is 63.9 Å². The molecule has 2 aromatic rings. The van der Waals surface area contributed by atoms with E-state index in [1.165, 1.54) is 5.56 Å². The van der Waals surface area contributed by atoms with Gasteiger partial charge in [0.1, 0.15) is 23.4 Å². The Kier molecular flexibility index (Phi) is 5.18. The lowest BCUT2D eigenvalue weighted by Crippen LogP contribution is -2.35. The third kappa shape index (κ3) is 4.17. The van der Waals surface area contributed by atoms with Crippen molar-refractivity contribution in [3.8, 4) is 5.75 Å². The lowest BCUT2D eigenvalue weighted by atomic mass is 10.1. The first-order chi connectivity index (χ1) is 13.1. The van der Waals surface area contributed by atoms with Crippen LogP contribution in [0.5, 0.6) is 5.75 Å². The Morgan fingerprint density at radius 1 is 1.26 bits per heavy atom. The minimum Gasteiger partial charge on any atom is -0.490 e. The molecule has 1 atom stereocenters. The number of nitrogens with zero attached hydrogens (tertiary/aromatic N) is 1. The molecule has 1 fully saturated rings. The van der Waals surface area contributed by atoms with E-state index in [0.29, 0.717) is 24.4 Å². The molecule has 3 heterocycles. The first-order valence-electron chi connectivity index (χ1n) is 9.54. The van der Waals surface area contributed by atoms with Gasteiger partial charge in [-0.25, -0.2) is 0 Å². The monoisotopic (exact) mass is 370 g/mol. The first-order valence-corrected chi connectivity index (χ1v) is 9.54. The summed E-state index contributed by atoms with van der Waals surface area (Å²) in [6.45, 7) is 8.38. The van der Waals surface area contributed by atoms with Crippen molar-refractivity contribution in [1.82, 2.24) is 10.2 Å². The van der Waals surface area contributed by atoms with E-state index in [1.54, 1.807) is 0 Å². The third-order valence-corrected chi connectivity index (χ3v) is 5.11. The maximum Gasteiger partial charge on any atom is 0.255 e. The summed E-state index contributed by atoms with van der Waals surface area (Å²) >= 11 is 0. The van der Waals surface area contributed by atoms with Crippen molar-refractivity contribution in [3.05, 3.63) is 52.5 Å². The highest BCUT2D eigenvalue weighted by molar-refractivity contribution is 5.95. The molecule has 0 aliphatic carbocycles. The summed E-state index contributed by atoms with van der Waals surface area (Å²) < 4.78 is 16.9. The molecule has 0 saturated carbocycles. The second-order valence-corrected chi connectivity index (χ2v) is 7.33. The lowest BCUT2D eigenvalue weighted by molar-refractivity contribution is 0.0312. The van der Waals surface area contributed by atoms with E-state index in [1.807, 2.05) is 25.1 Å². The average Bonchev–Trinajstić information content (AvgIpc) is 3.21. The van der Waals surface area contributed by atoms with Gasteiger partial charge in [0.25, 0.3) is 5.91 Å². The predicted octanol–water partition coefficient (Wildman–Crippen LogP) is 2.67. The fourth-order valence-electron chi connectivity index (χ4n) is 3.69. The van der Waals surface area contributed by atoms with Crippen LogP contribution in [0.2, 0.25) is 0 Å². The SMILES string of the molecule is Cc1oc(CN2CCOCC2)cc1C(=O)NCc1ccc2c(c1)CC(C)O2. The standard InChI is InChI=1S/C21H26N2O4/c1-14-9-17-10-16(3-4-20(17)26-14)12-22-21(24)19-11-18(27-15(19)2)13-23-5-7-25-8-6-23/h3-4,10-11,14H,5-9,12-13H2,1-2H3,(H,22,24). The summed E-state index contributed by atoms with van der Waals surface area (Å²) in [7, 11) is 0. The number of benzene rings is 1. The third-order valence-electron chi connectivity index (χ3n) is 5.11. The van der Waals surface area contributed by atoms with Gasteiger partial charge >= 0.3 is 0 Å². The van der Waals surface area contributed by atoms with Gasteiger partial charge in [-0.3, -0.25) is 9.69 Å². The van der Waals surface area contributed by atoms with Gasteiger partial charge in [0.2, 0.25) is 0 Å². The number of aryl methyl sites for hydroxylation is 1. The minimum atomic E-state index is -0.102. The zero-order valence-electron chi connectivity index (χ0n) is 15.9. The van der Waals surface area contributed by atoms with E-state index < -0.39 is 0 Å². The number of carbonyl (C=O) groups excluding carboxylic acids is 1. The van der Waals surface area contributed by atoms with E-state index in [0.717, 1.165) is 49.8 Å². The average molecular weight is 370 g/mol. The zero-order chi connectivity index (χ0) is 18.8. The van der Waals surface area contributed by atoms with Crippen LogP contribution in [0.15, 0.2) is 28.7 Å². The van der Waals surface area contributed by atoms with Crippen LogP contribution in [-0.2, 0) is 24.2 Å². The minimum absolute atomic E-state index is 0.102. The Hall–Kier alpha value is -2.31. The van der Waals surface area contributed by atoms with E-state index in [2.05, 4.69) is 23.2 Å². The van der Waals surface area contributed by atoms with Crippen molar-refractivity contribution in [2.45, 2.75) is 39.5 Å². The first kappa shape index (κ1) is 18.1. The van der Waals surface area contributed by atoms with Crippen LogP contribution >= 0.6 is 0 Å². The zero-order valence-corrected chi connectivity index (χ0v) is 15.9. The van der Waals surface area contributed by atoms with Gasteiger partial charge < -0.3 is 19.2 Å². The molecule has 1 N–H and O–H groups in total. The molecular formula is C21H26N2O4. The van der Waals surface area contributed by atoms with E-state index in [-0.39, 0.29) is 12.0 Å². The van der Waals surface area contributed by atoms with Gasteiger partial charge in [-0.2, -0.15) is 0 Å². The Balaban J connectivity index is 1.36. The van der Waals surface area contributed by atoms with Gasteiger partial charge in [-0.15, -0.1) is 0 Å². The van der Waals surface area contributed by atoms with Crippen LogP contribution < -0.4 is 10.1 Å². The number of amides is 1. The summed E-state index contributed by atoms with van der Waals surface area (Å²) in [5, 5.41) is 3.00. The molecule has 1 saturated heterocycles. The van der Waals surface area contributed by atoms with Gasteiger partial charge in [0.15, 0.2) is 0 Å². The Bertz CT molecular complexity index is 824. The van der Waals surface area contributed by atoms with Crippen molar-refractivity contribution in [3.63, 3.8) is 0 Å². The summed E-state index contributed by atoms with van der Waals surface area (Å²) in [6, 6.07) is 7.97. The van der Waals surface area contributed by atoms with E-state index >= 15 is 0 Å². The quantitative estimate of drug-likeness (QED) is 0.877. The van der Waals surface area contributed by atoms with Crippen LogP contribution in [0, 0.1) is 6.92 Å². The van der Waals surface area contributed by atoms with Crippen molar-refractivity contribution < 1.29 is 18.7 Å². The highest BCUT2D eigenvalue weighted by Crippen LogP contribution is 2.29. The van der Waals surface area contributed by atoms with Crippen LogP contribution in [0.1, 0.15) is 39.9 Å². The fraction of sp³-hybridized carbons (Fsp3) is 0.476.